The van der Waals surface area contributed by atoms with Crippen LogP contribution in [0.4, 0.5) is 0 Å². The summed E-state index contributed by atoms with van der Waals surface area (Å²) in [5.74, 6) is -0.226. The fraction of sp³-hybridized carbons (Fsp3) is 0.250. The van der Waals surface area contributed by atoms with E-state index in [1.54, 1.807) is 24.1 Å². The van der Waals surface area contributed by atoms with Gasteiger partial charge in [0.2, 0.25) is 0 Å². The lowest BCUT2D eigenvalue weighted by Gasteiger charge is -2.21. The van der Waals surface area contributed by atoms with E-state index in [0.717, 1.165) is 5.56 Å². The van der Waals surface area contributed by atoms with Gasteiger partial charge in [0.05, 0.1) is 0 Å². The van der Waals surface area contributed by atoms with E-state index in [9.17, 15) is 9.59 Å². The molecule has 0 atom stereocenters. The van der Waals surface area contributed by atoms with Gasteiger partial charge < -0.3 is 9.88 Å². The lowest BCUT2D eigenvalue weighted by molar-refractivity contribution is 0.0750. The number of pyridine rings is 1. The van der Waals surface area contributed by atoms with Gasteiger partial charge in [-0.05, 0) is 31.0 Å². The van der Waals surface area contributed by atoms with Gasteiger partial charge in [0, 0.05) is 19.3 Å². The van der Waals surface area contributed by atoms with Crippen molar-refractivity contribution in [2.75, 3.05) is 6.54 Å². The summed E-state index contributed by atoms with van der Waals surface area (Å²) in [4.78, 5) is 28.6. The van der Waals surface area contributed by atoms with E-state index in [1.165, 1.54) is 0 Å². The SMILES string of the molecule is CCN(Cc1ccccc1)C(=O)c1c(C)cc[nH]c1=O. The maximum absolute atomic E-state index is 12.5. The number of benzene rings is 1. The van der Waals surface area contributed by atoms with E-state index in [2.05, 4.69) is 4.98 Å². The molecule has 1 N–H and O–H groups in total. The third kappa shape index (κ3) is 2.96. The van der Waals surface area contributed by atoms with Crippen molar-refractivity contribution in [1.29, 1.82) is 0 Å². The number of hydrogen-bond acceptors (Lipinski definition) is 2. The topological polar surface area (TPSA) is 53.2 Å². The van der Waals surface area contributed by atoms with Gasteiger partial charge in [-0.3, -0.25) is 9.59 Å². The highest BCUT2D eigenvalue weighted by atomic mass is 16.2. The van der Waals surface area contributed by atoms with E-state index in [-0.39, 0.29) is 17.0 Å². The number of nitrogens with zero attached hydrogens (tertiary/aromatic N) is 1. The van der Waals surface area contributed by atoms with Gasteiger partial charge in [0.15, 0.2) is 0 Å². The number of H-pyrrole nitrogens is 1. The minimum absolute atomic E-state index is 0.226. The Balaban J connectivity index is 2.28. The van der Waals surface area contributed by atoms with E-state index in [0.29, 0.717) is 18.7 Å². The second-order valence-corrected chi connectivity index (χ2v) is 4.67. The first-order valence-electron chi connectivity index (χ1n) is 6.65. The smallest absolute Gasteiger partial charge is 0.261 e. The van der Waals surface area contributed by atoms with Crippen LogP contribution in [0.25, 0.3) is 0 Å². The summed E-state index contributed by atoms with van der Waals surface area (Å²) in [7, 11) is 0. The Morgan fingerprint density at radius 2 is 1.90 bits per heavy atom. The highest BCUT2D eigenvalue weighted by molar-refractivity contribution is 5.95. The van der Waals surface area contributed by atoms with Gasteiger partial charge in [-0.15, -0.1) is 0 Å². The molecule has 0 aliphatic rings. The molecule has 1 aromatic heterocycles. The number of aryl methyl sites for hydroxylation is 1. The molecule has 0 spiro atoms. The van der Waals surface area contributed by atoms with Crippen LogP contribution in [-0.2, 0) is 6.54 Å². The Morgan fingerprint density at radius 1 is 1.20 bits per heavy atom. The number of amides is 1. The number of nitrogens with one attached hydrogen (secondary N) is 1. The van der Waals surface area contributed by atoms with Crippen LogP contribution in [0.15, 0.2) is 47.4 Å². The predicted octanol–water partition coefficient (Wildman–Crippen LogP) is 2.35. The summed E-state index contributed by atoms with van der Waals surface area (Å²) < 4.78 is 0. The molecular weight excluding hydrogens is 252 g/mol. The van der Waals surface area contributed by atoms with E-state index in [4.69, 9.17) is 0 Å². The monoisotopic (exact) mass is 270 g/mol. The highest BCUT2D eigenvalue weighted by Gasteiger charge is 2.19. The normalized spacial score (nSPS) is 10.3. The van der Waals surface area contributed by atoms with Crippen molar-refractivity contribution < 1.29 is 4.79 Å². The molecule has 0 unspecified atom stereocenters. The van der Waals surface area contributed by atoms with E-state index in [1.807, 2.05) is 37.3 Å². The lowest BCUT2D eigenvalue weighted by Crippen LogP contribution is -2.35. The number of carbonyl (C=O) groups is 1. The number of hydrogen-bond donors (Lipinski definition) is 1. The van der Waals surface area contributed by atoms with Gasteiger partial charge in [0.1, 0.15) is 5.56 Å². The molecule has 0 bridgehead atoms. The fourth-order valence-electron chi connectivity index (χ4n) is 2.13. The standard InChI is InChI=1S/C16H18N2O2/c1-3-18(11-13-7-5-4-6-8-13)16(20)14-12(2)9-10-17-15(14)19/h4-10H,3,11H2,1-2H3,(H,17,19). The fourth-order valence-corrected chi connectivity index (χ4v) is 2.13. The summed E-state index contributed by atoms with van der Waals surface area (Å²) in [6.45, 7) is 4.75. The number of aromatic amines is 1. The largest absolute Gasteiger partial charge is 0.334 e. The number of aromatic nitrogens is 1. The van der Waals surface area contributed by atoms with Crippen LogP contribution in [0.5, 0.6) is 0 Å². The Morgan fingerprint density at radius 3 is 2.50 bits per heavy atom. The molecule has 1 heterocycles. The summed E-state index contributed by atoms with van der Waals surface area (Å²) in [5, 5.41) is 0. The highest BCUT2D eigenvalue weighted by Crippen LogP contribution is 2.10. The summed E-state index contributed by atoms with van der Waals surface area (Å²) >= 11 is 0. The Labute approximate surface area is 118 Å². The van der Waals surface area contributed by atoms with Crippen molar-refractivity contribution in [3.63, 3.8) is 0 Å². The molecule has 1 amide bonds. The zero-order valence-corrected chi connectivity index (χ0v) is 11.7. The average Bonchev–Trinajstić information content (AvgIpc) is 2.45. The summed E-state index contributed by atoms with van der Waals surface area (Å²) in [5.41, 5.74) is 1.64. The zero-order chi connectivity index (χ0) is 14.5. The minimum atomic E-state index is -0.332. The molecule has 0 fully saturated rings. The molecule has 4 heteroatoms. The quantitative estimate of drug-likeness (QED) is 0.927. The predicted molar refractivity (Wildman–Crippen MR) is 78.7 cm³/mol. The zero-order valence-electron chi connectivity index (χ0n) is 11.7. The van der Waals surface area contributed by atoms with Gasteiger partial charge in [-0.2, -0.15) is 0 Å². The van der Waals surface area contributed by atoms with Crippen LogP contribution in [0.2, 0.25) is 0 Å². The minimum Gasteiger partial charge on any atom is -0.334 e. The van der Waals surface area contributed by atoms with Gasteiger partial charge in [-0.1, -0.05) is 30.3 Å². The first-order valence-corrected chi connectivity index (χ1v) is 6.65. The van der Waals surface area contributed by atoms with Crippen LogP contribution in [-0.4, -0.2) is 22.3 Å². The lowest BCUT2D eigenvalue weighted by atomic mass is 10.1. The first kappa shape index (κ1) is 14.1. The molecule has 0 saturated heterocycles. The van der Waals surface area contributed by atoms with Gasteiger partial charge >= 0.3 is 0 Å². The average molecular weight is 270 g/mol. The van der Waals surface area contributed by atoms with Crippen molar-refractivity contribution in [2.45, 2.75) is 20.4 Å². The van der Waals surface area contributed by atoms with Crippen LogP contribution < -0.4 is 5.56 Å². The Hall–Kier alpha value is -2.36. The molecule has 4 nitrogen and oxygen atoms in total. The van der Waals surface area contributed by atoms with Crippen molar-refractivity contribution in [1.82, 2.24) is 9.88 Å². The molecule has 2 aromatic rings. The molecule has 20 heavy (non-hydrogen) atoms. The van der Waals surface area contributed by atoms with Crippen molar-refractivity contribution >= 4 is 5.91 Å². The van der Waals surface area contributed by atoms with Gasteiger partial charge in [0.25, 0.3) is 11.5 Å². The third-order valence-electron chi connectivity index (χ3n) is 3.27. The van der Waals surface area contributed by atoms with Crippen molar-refractivity contribution in [3.8, 4) is 0 Å². The second kappa shape index (κ2) is 6.19. The van der Waals surface area contributed by atoms with Crippen molar-refractivity contribution in [2.24, 2.45) is 0 Å². The van der Waals surface area contributed by atoms with E-state index >= 15 is 0 Å². The van der Waals surface area contributed by atoms with Crippen molar-refractivity contribution in [3.05, 3.63) is 69.6 Å². The maximum Gasteiger partial charge on any atom is 0.261 e. The molecule has 0 aliphatic heterocycles. The second-order valence-electron chi connectivity index (χ2n) is 4.67. The first-order chi connectivity index (χ1) is 9.63. The number of carbonyl (C=O) groups excluding carboxylic acids is 1. The molecule has 1 aromatic carbocycles. The van der Waals surface area contributed by atoms with E-state index < -0.39 is 0 Å². The van der Waals surface area contributed by atoms with Crippen LogP contribution in [0.3, 0.4) is 0 Å². The molecular formula is C16H18N2O2. The Bertz CT molecular complexity index is 647. The number of rotatable bonds is 4. The molecule has 0 radical (unpaired) electrons. The summed E-state index contributed by atoms with van der Waals surface area (Å²) in [6.07, 6.45) is 1.56. The van der Waals surface area contributed by atoms with Crippen LogP contribution in [0, 0.1) is 6.92 Å². The van der Waals surface area contributed by atoms with Crippen LogP contribution >= 0.6 is 0 Å². The molecule has 104 valence electrons. The maximum atomic E-state index is 12.5. The molecule has 2 rings (SSSR count). The summed E-state index contributed by atoms with van der Waals surface area (Å²) in [6, 6.07) is 11.5. The molecule has 0 aliphatic carbocycles. The third-order valence-corrected chi connectivity index (χ3v) is 3.27. The van der Waals surface area contributed by atoms with Crippen LogP contribution in [0.1, 0.15) is 28.4 Å². The van der Waals surface area contributed by atoms with Gasteiger partial charge in [-0.25, -0.2) is 0 Å². The Kier molecular flexibility index (Phi) is 4.35. The molecule has 0 saturated carbocycles.